The van der Waals surface area contributed by atoms with Crippen LogP contribution in [0.3, 0.4) is 0 Å². The van der Waals surface area contributed by atoms with Crippen molar-refractivity contribution in [1.82, 2.24) is 5.32 Å². The molecule has 1 amide bonds. The van der Waals surface area contributed by atoms with Gasteiger partial charge < -0.3 is 11.1 Å². The molecule has 0 unspecified atom stereocenters. The van der Waals surface area contributed by atoms with E-state index in [0.717, 1.165) is 0 Å². The minimum absolute atomic E-state index is 0. The van der Waals surface area contributed by atoms with Crippen molar-refractivity contribution in [3.63, 3.8) is 0 Å². The molecule has 0 aromatic heterocycles. The van der Waals surface area contributed by atoms with Gasteiger partial charge in [0.25, 0.3) is 5.91 Å². The maximum absolute atomic E-state index is 11.4. The first-order chi connectivity index (χ1) is 6.25. The van der Waals surface area contributed by atoms with Gasteiger partial charge in [0.1, 0.15) is 0 Å². The summed E-state index contributed by atoms with van der Waals surface area (Å²) in [7, 11) is 0. The second-order valence-electron chi connectivity index (χ2n) is 2.52. The lowest BCUT2D eigenvalue weighted by atomic mass is 10.2. The van der Waals surface area contributed by atoms with E-state index in [1.165, 1.54) is 0 Å². The van der Waals surface area contributed by atoms with E-state index >= 15 is 0 Å². The van der Waals surface area contributed by atoms with Gasteiger partial charge in [-0.15, -0.1) is 12.4 Å². The topological polar surface area (TPSA) is 55.1 Å². The van der Waals surface area contributed by atoms with E-state index in [1.54, 1.807) is 24.3 Å². The summed E-state index contributed by atoms with van der Waals surface area (Å²) < 4.78 is 0. The van der Waals surface area contributed by atoms with Crippen molar-refractivity contribution in [2.24, 2.45) is 5.73 Å². The molecule has 1 aromatic rings. The molecule has 0 fully saturated rings. The molecule has 1 aromatic carbocycles. The highest BCUT2D eigenvalue weighted by Crippen LogP contribution is 2.14. The Labute approximate surface area is 94.0 Å². The predicted octanol–water partition coefficient (Wildman–Crippen LogP) is 1.45. The molecular formula is C9H12Cl2N2O. The molecule has 78 valence electrons. The highest BCUT2D eigenvalue weighted by molar-refractivity contribution is 6.33. The van der Waals surface area contributed by atoms with Crippen LogP contribution in [0.25, 0.3) is 0 Å². The van der Waals surface area contributed by atoms with Crippen LogP contribution in [0.4, 0.5) is 0 Å². The van der Waals surface area contributed by atoms with Crippen molar-refractivity contribution in [2.75, 3.05) is 13.1 Å². The Morgan fingerprint density at radius 3 is 2.64 bits per heavy atom. The van der Waals surface area contributed by atoms with Crippen LogP contribution in [0.2, 0.25) is 5.02 Å². The van der Waals surface area contributed by atoms with E-state index in [2.05, 4.69) is 5.32 Å². The number of nitrogens with one attached hydrogen (secondary N) is 1. The van der Waals surface area contributed by atoms with Crippen LogP contribution in [0.1, 0.15) is 10.4 Å². The SMILES string of the molecule is Cl.NCCNC(=O)c1ccccc1Cl. The van der Waals surface area contributed by atoms with Crippen LogP contribution >= 0.6 is 24.0 Å². The first-order valence-corrected chi connectivity index (χ1v) is 4.36. The van der Waals surface area contributed by atoms with Gasteiger partial charge >= 0.3 is 0 Å². The summed E-state index contributed by atoms with van der Waals surface area (Å²) in [6, 6.07) is 6.90. The molecule has 0 radical (unpaired) electrons. The third-order valence-corrected chi connectivity index (χ3v) is 1.88. The van der Waals surface area contributed by atoms with Crippen molar-refractivity contribution >= 4 is 29.9 Å². The first-order valence-electron chi connectivity index (χ1n) is 3.98. The monoisotopic (exact) mass is 234 g/mol. The summed E-state index contributed by atoms with van der Waals surface area (Å²) in [5.41, 5.74) is 5.73. The molecule has 3 nitrogen and oxygen atoms in total. The van der Waals surface area contributed by atoms with Gasteiger partial charge in [0, 0.05) is 13.1 Å². The van der Waals surface area contributed by atoms with E-state index < -0.39 is 0 Å². The number of hydrogen-bond acceptors (Lipinski definition) is 2. The van der Waals surface area contributed by atoms with Crippen LogP contribution in [0.15, 0.2) is 24.3 Å². The minimum atomic E-state index is -0.184. The first kappa shape index (κ1) is 13.2. The van der Waals surface area contributed by atoms with Gasteiger partial charge in [-0.3, -0.25) is 4.79 Å². The standard InChI is InChI=1S/C9H11ClN2O.ClH/c10-8-4-2-1-3-7(8)9(13)12-6-5-11;/h1-4H,5-6,11H2,(H,12,13);1H. The minimum Gasteiger partial charge on any atom is -0.351 e. The largest absolute Gasteiger partial charge is 0.351 e. The average Bonchev–Trinajstić information content (AvgIpc) is 2.15. The van der Waals surface area contributed by atoms with Gasteiger partial charge in [-0.2, -0.15) is 0 Å². The fourth-order valence-corrected chi connectivity index (χ4v) is 1.15. The molecule has 0 heterocycles. The number of hydrogen-bond donors (Lipinski definition) is 2. The van der Waals surface area contributed by atoms with E-state index in [0.29, 0.717) is 23.7 Å². The zero-order valence-electron chi connectivity index (χ0n) is 7.50. The molecule has 0 atom stereocenters. The van der Waals surface area contributed by atoms with Crippen molar-refractivity contribution in [1.29, 1.82) is 0 Å². The summed E-state index contributed by atoms with van der Waals surface area (Å²) in [6.45, 7) is 0.889. The van der Waals surface area contributed by atoms with Crippen LogP contribution in [-0.4, -0.2) is 19.0 Å². The maximum Gasteiger partial charge on any atom is 0.252 e. The number of rotatable bonds is 3. The lowest BCUT2D eigenvalue weighted by Crippen LogP contribution is -2.29. The lowest BCUT2D eigenvalue weighted by Gasteiger charge is -2.04. The van der Waals surface area contributed by atoms with Crippen LogP contribution in [0, 0.1) is 0 Å². The van der Waals surface area contributed by atoms with E-state index in [-0.39, 0.29) is 18.3 Å². The molecule has 0 bridgehead atoms. The molecule has 1 rings (SSSR count). The Kier molecular flexibility index (Phi) is 6.28. The molecule has 0 saturated heterocycles. The Morgan fingerprint density at radius 2 is 2.07 bits per heavy atom. The lowest BCUT2D eigenvalue weighted by molar-refractivity contribution is 0.0955. The van der Waals surface area contributed by atoms with Gasteiger partial charge in [-0.05, 0) is 12.1 Å². The molecule has 0 aliphatic carbocycles. The fraction of sp³-hybridized carbons (Fsp3) is 0.222. The Morgan fingerprint density at radius 1 is 1.43 bits per heavy atom. The van der Waals surface area contributed by atoms with Gasteiger partial charge in [-0.25, -0.2) is 0 Å². The smallest absolute Gasteiger partial charge is 0.252 e. The summed E-state index contributed by atoms with van der Waals surface area (Å²) in [5, 5.41) is 3.10. The van der Waals surface area contributed by atoms with Crippen LogP contribution in [0.5, 0.6) is 0 Å². The summed E-state index contributed by atoms with van der Waals surface area (Å²) in [6.07, 6.45) is 0. The molecule has 3 N–H and O–H groups in total. The van der Waals surface area contributed by atoms with Crippen LogP contribution < -0.4 is 11.1 Å². The summed E-state index contributed by atoms with van der Waals surface area (Å²) >= 11 is 5.81. The van der Waals surface area contributed by atoms with Gasteiger partial charge in [0.05, 0.1) is 10.6 Å². The second kappa shape index (κ2) is 6.65. The molecule has 0 saturated carbocycles. The van der Waals surface area contributed by atoms with E-state index in [4.69, 9.17) is 17.3 Å². The van der Waals surface area contributed by atoms with Gasteiger partial charge in [-0.1, -0.05) is 23.7 Å². The average molecular weight is 235 g/mol. The molecular weight excluding hydrogens is 223 g/mol. The highest BCUT2D eigenvalue weighted by Gasteiger charge is 2.07. The van der Waals surface area contributed by atoms with Gasteiger partial charge in [0.2, 0.25) is 0 Å². The second-order valence-corrected chi connectivity index (χ2v) is 2.93. The van der Waals surface area contributed by atoms with E-state index in [1.807, 2.05) is 0 Å². The number of benzene rings is 1. The Hall–Kier alpha value is -0.770. The highest BCUT2D eigenvalue weighted by atomic mass is 35.5. The fourth-order valence-electron chi connectivity index (χ4n) is 0.926. The molecule has 14 heavy (non-hydrogen) atoms. The van der Waals surface area contributed by atoms with Gasteiger partial charge in [0.15, 0.2) is 0 Å². The number of carbonyl (C=O) groups excluding carboxylic acids is 1. The van der Waals surface area contributed by atoms with Crippen molar-refractivity contribution in [3.8, 4) is 0 Å². The molecule has 0 aliphatic heterocycles. The van der Waals surface area contributed by atoms with Crippen molar-refractivity contribution in [2.45, 2.75) is 0 Å². The summed E-state index contributed by atoms with van der Waals surface area (Å²) in [4.78, 5) is 11.4. The maximum atomic E-state index is 11.4. The predicted molar refractivity (Wildman–Crippen MR) is 60.1 cm³/mol. The van der Waals surface area contributed by atoms with E-state index in [9.17, 15) is 4.79 Å². The molecule has 0 aliphatic rings. The number of nitrogens with two attached hydrogens (primary N) is 1. The molecule has 5 heteroatoms. The zero-order valence-corrected chi connectivity index (χ0v) is 9.07. The Bertz CT molecular complexity index is 305. The van der Waals surface area contributed by atoms with Crippen molar-refractivity contribution < 1.29 is 4.79 Å². The Balaban J connectivity index is 0.00000169. The number of amides is 1. The zero-order chi connectivity index (χ0) is 9.68. The normalized spacial score (nSPS) is 9.00. The third-order valence-electron chi connectivity index (χ3n) is 1.55. The summed E-state index contributed by atoms with van der Waals surface area (Å²) in [5.74, 6) is -0.184. The van der Waals surface area contributed by atoms with Crippen LogP contribution in [-0.2, 0) is 0 Å². The van der Waals surface area contributed by atoms with Crippen molar-refractivity contribution in [3.05, 3.63) is 34.9 Å². The quantitative estimate of drug-likeness (QED) is 0.833. The third kappa shape index (κ3) is 3.54. The number of halogens is 2. The number of carbonyl (C=O) groups is 1. The molecule has 0 spiro atoms.